The van der Waals surface area contributed by atoms with Crippen molar-refractivity contribution >= 4 is 0 Å². The highest BCUT2D eigenvalue weighted by Gasteiger charge is 2.16. The largest absolute Gasteiger partial charge is 0.324 e. The Balaban J connectivity index is 2.77. The lowest BCUT2D eigenvalue weighted by atomic mass is 9.90. The summed E-state index contributed by atoms with van der Waals surface area (Å²) in [4.78, 5) is 0. The first-order valence-corrected chi connectivity index (χ1v) is 6.60. The molecule has 0 bridgehead atoms. The standard InChI is InChI=1S/C15H26N2/c1-5-12(10-17-4)15(16)14-8-6-13(7-9-14)11(2)3/h6-9,11-12,15,17H,5,10,16H2,1-4H3. The van der Waals surface area contributed by atoms with Gasteiger partial charge in [-0.15, -0.1) is 0 Å². The van der Waals surface area contributed by atoms with Crippen LogP contribution in [0.25, 0.3) is 0 Å². The van der Waals surface area contributed by atoms with Gasteiger partial charge in [-0.25, -0.2) is 0 Å². The highest BCUT2D eigenvalue weighted by Crippen LogP contribution is 2.23. The van der Waals surface area contributed by atoms with E-state index in [9.17, 15) is 0 Å². The first-order chi connectivity index (χ1) is 8.10. The summed E-state index contributed by atoms with van der Waals surface area (Å²) in [6.07, 6.45) is 1.11. The van der Waals surface area contributed by atoms with E-state index >= 15 is 0 Å². The lowest BCUT2D eigenvalue weighted by Gasteiger charge is -2.23. The molecular weight excluding hydrogens is 208 g/mol. The molecule has 0 spiro atoms. The summed E-state index contributed by atoms with van der Waals surface area (Å²) in [5.41, 5.74) is 8.95. The van der Waals surface area contributed by atoms with Crippen LogP contribution >= 0.6 is 0 Å². The molecule has 2 atom stereocenters. The van der Waals surface area contributed by atoms with Crippen molar-refractivity contribution in [2.24, 2.45) is 11.7 Å². The van der Waals surface area contributed by atoms with Gasteiger partial charge in [0.2, 0.25) is 0 Å². The topological polar surface area (TPSA) is 38.0 Å². The lowest BCUT2D eigenvalue weighted by Crippen LogP contribution is -2.29. The first kappa shape index (κ1) is 14.2. The van der Waals surface area contributed by atoms with E-state index in [0.717, 1.165) is 13.0 Å². The summed E-state index contributed by atoms with van der Waals surface area (Å²) in [6, 6.07) is 8.89. The van der Waals surface area contributed by atoms with Crippen molar-refractivity contribution < 1.29 is 0 Å². The summed E-state index contributed by atoms with van der Waals surface area (Å²) < 4.78 is 0. The zero-order chi connectivity index (χ0) is 12.8. The Morgan fingerprint density at radius 1 is 1.12 bits per heavy atom. The van der Waals surface area contributed by atoms with Gasteiger partial charge >= 0.3 is 0 Å². The molecule has 17 heavy (non-hydrogen) atoms. The molecule has 0 aromatic heterocycles. The summed E-state index contributed by atoms with van der Waals surface area (Å²) in [5.74, 6) is 1.09. The highest BCUT2D eigenvalue weighted by molar-refractivity contribution is 5.27. The maximum absolute atomic E-state index is 6.32. The minimum absolute atomic E-state index is 0.133. The SMILES string of the molecule is CCC(CNC)C(N)c1ccc(C(C)C)cc1. The van der Waals surface area contributed by atoms with Crippen molar-refractivity contribution in [3.8, 4) is 0 Å². The third kappa shape index (κ3) is 3.83. The van der Waals surface area contributed by atoms with E-state index in [2.05, 4.69) is 50.4 Å². The molecule has 0 aliphatic rings. The molecule has 0 aliphatic heterocycles. The normalized spacial score (nSPS) is 14.9. The summed E-state index contributed by atoms with van der Waals surface area (Å²) in [5, 5.41) is 3.22. The molecule has 0 saturated carbocycles. The van der Waals surface area contributed by atoms with Crippen LogP contribution in [-0.4, -0.2) is 13.6 Å². The van der Waals surface area contributed by atoms with E-state index in [4.69, 9.17) is 5.73 Å². The molecule has 0 saturated heterocycles. The maximum Gasteiger partial charge on any atom is 0.0335 e. The lowest BCUT2D eigenvalue weighted by molar-refractivity contribution is 0.403. The Bertz CT molecular complexity index is 316. The second kappa shape index (κ2) is 6.77. The predicted molar refractivity (Wildman–Crippen MR) is 75.2 cm³/mol. The van der Waals surface area contributed by atoms with Gasteiger partial charge in [0.15, 0.2) is 0 Å². The van der Waals surface area contributed by atoms with Crippen LogP contribution in [0, 0.1) is 5.92 Å². The summed E-state index contributed by atoms with van der Waals surface area (Å²) in [6.45, 7) is 7.60. The average molecular weight is 234 g/mol. The van der Waals surface area contributed by atoms with E-state index in [1.807, 2.05) is 7.05 Å². The average Bonchev–Trinajstić information content (AvgIpc) is 2.35. The van der Waals surface area contributed by atoms with Crippen molar-refractivity contribution in [1.82, 2.24) is 5.32 Å². The van der Waals surface area contributed by atoms with Crippen LogP contribution in [0.4, 0.5) is 0 Å². The molecule has 3 N–H and O–H groups in total. The van der Waals surface area contributed by atoms with Gasteiger partial charge in [0.1, 0.15) is 0 Å². The summed E-state index contributed by atoms with van der Waals surface area (Å²) in [7, 11) is 1.98. The minimum atomic E-state index is 0.133. The van der Waals surface area contributed by atoms with Gasteiger partial charge in [0.25, 0.3) is 0 Å². The molecule has 0 radical (unpaired) electrons. The predicted octanol–water partition coefficient (Wildman–Crippen LogP) is 3.06. The van der Waals surface area contributed by atoms with Gasteiger partial charge in [-0.3, -0.25) is 0 Å². The maximum atomic E-state index is 6.32. The number of benzene rings is 1. The second-order valence-electron chi connectivity index (χ2n) is 5.07. The number of hydrogen-bond acceptors (Lipinski definition) is 2. The molecule has 1 aromatic carbocycles. The van der Waals surface area contributed by atoms with Crippen LogP contribution in [0.15, 0.2) is 24.3 Å². The molecular formula is C15H26N2. The molecule has 0 aliphatic carbocycles. The van der Waals surface area contributed by atoms with Gasteiger partial charge < -0.3 is 11.1 Å². The van der Waals surface area contributed by atoms with Crippen LogP contribution in [0.2, 0.25) is 0 Å². The highest BCUT2D eigenvalue weighted by atomic mass is 14.8. The molecule has 96 valence electrons. The zero-order valence-corrected chi connectivity index (χ0v) is 11.5. The quantitative estimate of drug-likeness (QED) is 0.794. The molecule has 0 heterocycles. The van der Waals surface area contributed by atoms with Crippen molar-refractivity contribution in [2.45, 2.75) is 39.2 Å². The fourth-order valence-electron chi connectivity index (χ4n) is 2.16. The molecule has 1 aromatic rings. The van der Waals surface area contributed by atoms with Gasteiger partial charge in [0, 0.05) is 6.04 Å². The van der Waals surface area contributed by atoms with Crippen molar-refractivity contribution in [3.63, 3.8) is 0 Å². The van der Waals surface area contributed by atoms with Gasteiger partial charge in [-0.05, 0) is 36.6 Å². The first-order valence-electron chi connectivity index (χ1n) is 6.60. The van der Waals surface area contributed by atoms with Crippen LogP contribution < -0.4 is 11.1 Å². The molecule has 0 amide bonds. The Morgan fingerprint density at radius 2 is 1.65 bits per heavy atom. The third-order valence-corrected chi connectivity index (χ3v) is 3.49. The fourth-order valence-corrected chi connectivity index (χ4v) is 2.16. The Hall–Kier alpha value is -0.860. The Kier molecular flexibility index (Phi) is 5.66. The van der Waals surface area contributed by atoms with E-state index in [-0.39, 0.29) is 6.04 Å². The van der Waals surface area contributed by atoms with E-state index < -0.39 is 0 Å². The van der Waals surface area contributed by atoms with Crippen LogP contribution in [0.3, 0.4) is 0 Å². The Labute approximate surface area is 106 Å². The van der Waals surface area contributed by atoms with Crippen LogP contribution in [0.1, 0.15) is 50.3 Å². The fraction of sp³-hybridized carbons (Fsp3) is 0.600. The van der Waals surface area contributed by atoms with Gasteiger partial charge in [-0.2, -0.15) is 0 Å². The van der Waals surface area contributed by atoms with Crippen LogP contribution in [0.5, 0.6) is 0 Å². The van der Waals surface area contributed by atoms with Crippen molar-refractivity contribution in [1.29, 1.82) is 0 Å². The molecule has 1 rings (SSSR count). The molecule has 2 nitrogen and oxygen atoms in total. The number of hydrogen-bond donors (Lipinski definition) is 2. The van der Waals surface area contributed by atoms with Crippen LogP contribution in [-0.2, 0) is 0 Å². The summed E-state index contributed by atoms with van der Waals surface area (Å²) >= 11 is 0. The zero-order valence-electron chi connectivity index (χ0n) is 11.5. The van der Waals surface area contributed by atoms with Crippen molar-refractivity contribution in [3.05, 3.63) is 35.4 Å². The van der Waals surface area contributed by atoms with Crippen molar-refractivity contribution in [2.75, 3.05) is 13.6 Å². The third-order valence-electron chi connectivity index (χ3n) is 3.49. The molecule has 2 heteroatoms. The van der Waals surface area contributed by atoms with E-state index in [1.165, 1.54) is 11.1 Å². The van der Waals surface area contributed by atoms with Gasteiger partial charge in [0.05, 0.1) is 0 Å². The minimum Gasteiger partial charge on any atom is -0.324 e. The smallest absolute Gasteiger partial charge is 0.0335 e. The van der Waals surface area contributed by atoms with E-state index in [1.54, 1.807) is 0 Å². The van der Waals surface area contributed by atoms with Gasteiger partial charge in [-0.1, -0.05) is 51.5 Å². The molecule has 2 unspecified atom stereocenters. The second-order valence-corrected chi connectivity index (χ2v) is 5.07. The monoisotopic (exact) mass is 234 g/mol. The molecule has 0 fully saturated rings. The number of nitrogens with one attached hydrogen (secondary N) is 1. The Morgan fingerprint density at radius 3 is 2.06 bits per heavy atom. The van der Waals surface area contributed by atoms with E-state index in [0.29, 0.717) is 11.8 Å². The number of nitrogens with two attached hydrogens (primary N) is 1. The number of rotatable bonds is 6.